The van der Waals surface area contributed by atoms with Crippen molar-refractivity contribution >= 4 is 5.78 Å². The van der Waals surface area contributed by atoms with Crippen molar-refractivity contribution in [1.82, 2.24) is 4.90 Å². The van der Waals surface area contributed by atoms with Gasteiger partial charge in [0.05, 0.1) is 5.41 Å². The number of aryl methyl sites for hydroxylation is 1. The van der Waals surface area contributed by atoms with Crippen molar-refractivity contribution in [1.29, 1.82) is 0 Å². The van der Waals surface area contributed by atoms with Crippen LogP contribution in [0.3, 0.4) is 0 Å². The Kier molecular flexibility index (Phi) is 3.93. The maximum Gasteiger partial charge on any atom is 0.143 e. The molecule has 20 heavy (non-hydrogen) atoms. The third-order valence-corrected chi connectivity index (χ3v) is 5.23. The van der Waals surface area contributed by atoms with Crippen LogP contribution in [0.1, 0.15) is 50.2 Å². The second-order valence-corrected chi connectivity index (χ2v) is 6.56. The van der Waals surface area contributed by atoms with E-state index in [0.29, 0.717) is 12.2 Å². The Morgan fingerprint density at radius 2 is 1.85 bits per heavy atom. The standard InChI is InChI=1S/C18H25NO/c1-18(11-14-19-12-5-2-6-13-19)16-8-4-3-7-15(16)9-10-17(18)20/h3-4,7-8H,2,5-6,9-14H2,1H3/t18-/m1/s1. The molecular weight excluding hydrogens is 246 g/mol. The highest BCUT2D eigenvalue weighted by Gasteiger charge is 2.39. The molecule has 1 heterocycles. The molecule has 1 aromatic rings. The lowest BCUT2D eigenvalue weighted by atomic mass is 9.68. The van der Waals surface area contributed by atoms with Gasteiger partial charge in [0.2, 0.25) is 0 Å². The minimum Gasteiger partial charge on any atom is -0.303 e. The SMILES string of the molecule is C[C@]1(CCN2CCCCC2)C(=O)CCc2ccccc21. The van der Waals surface area contributed by atoms with Gasteiger partial charge < -0.3 is 4.90 Å². The van der Waals surface area contributed by atoms with Crippen LogP contribution in [-0.4, -0.2) is 30.3 Å². The first-order valence-electron chi connectivity index (χ1n) is 8.04. The van der Waals surface area contributed by atoms with Crippen LogP contribution < -0.4 is 0 Å². The Morgan fingerprint density at radius 1 is 1.10 bits per heavy atom. The number of fused-ring (bicyclic) bond motifs is 1. The van der Waals surface area contributed by atoms with E-state index in [2.05, 4.69) is 36.1 Å². The van der Waals surface area contributed by atoms with Gasteiger partial charge in [-0.2, -0.15) is 0 Å². The Morgan fingerprint density at radius 3 is 2.65 bits per heavy atom. The summed E-state index contributed by atoms with van der Waals surface area (Å²) in [6, 6.07) is 8.54. The lowest BCUT2D eigenvalue weighted by Crippen LogP contribution is -2.41. The third kappa shape index (κ3) is 2.54. The topological polar surface area (TPSA) is 20.3 Å². The number of ketones is 1. The molecule has 0 N–H and O–H groups in total. The summed E-state index contributed by atoms with van der Waals surface area (Å²) in [6.45, 7) is 5.66. The molecular formula is C18H25NO. The summed E-state index contributed by atoms with van der Waals surface area (Å²) in [4.78, 5) is 15.1. The molecule has 1 aliphatic heterocycles. The summed E-state index contributed by atoms with van der Waals surface area (Å²) in [5.74, 6) is 0.438. The van der Waals surface area contributed by atoms with Gasteiger partial charge in [-0.25, -0.2) is 0 Å². The summed E-state index contributed by atoms with van der Waals surface area (Å²) in [7, 11) is 0. The number of hydrogen-bond acceptors (Lipinski definition) is 2. The van der Waals surface area contributed by atoms with Crippen molar-refractivity contribution in [2.45, 2.75) is 50.9 Å². The van der Waals surface area contributed by atoms with Crippen molar-refractivity contribution < 1.29 is 4.79 Å². The first kappa shape index (κ1) is 13.8. The molecule has 1 saturated heterocycles. The lowest BCUT2D eigenvalue weighted by molar-refractivity contribution is -0.125. The highest BCUT2D eigenvalue weighted by molar-refractivity contribution is 5.91. The Labute approximate surface area is 122 Å². The van der Waals surface area contributed by atoms with Crippen molar-refractivity contribution in [2.24, 2.45) is 0 Å². The molecule has 2 aliphatic rings. The molecule has 0 spiro atoms. The zero-order valence-electron chi connectivity index (χ0n) is 12.5. The van der Waals surface area contributed by atoms with Gasteiger partial charge in [0.25, 0.3) is 0 Å². The second-order valence-electron chi connectivity index (χ2n) is 6.56. The molecule has 1 aromatic carbocycles. The van der Waals surface area contributed by atoms with E-state index < -0.39 is 0 Å². The van der Waals surface area contributed by atoms with E-state index in [9.17, 15) is 4.79 Å². The van der Waals surface area contributed by atoms with E-state index in [0.717, 1.165) is 19.4 Å². The highest BCUT2D eigenvalue weighted by atomic mass is 16.1. The van der Waals surface area contributed by atoms with E-state index in [-0.39, 0.29) is 5.41 Å². The van der Waals surface area contributed by atoms with Crippen LogP contribution >= 0.6 is 0 Å². The van der Waals surface area contributed by atoms with Gasteiger partial charge in [0, 0.05) is 6.42 Å². The van der Waals surface area contributed by atoms with E-state index in [1.807, 2.05) is 0 Å². The minimum absolute atomic E-state index is 0.258. The molecule has 0 saturated carbocycles. The van der Waals surface area contributed by atoms with Crippen LogP contribution in [-0.2, 0) is 16.6 Å². The van der Waals surface area contributed by atoms with Crippen molar-refractivity contribution in [3.63, 3.8) is 0 Å². The summed E-state index contributed by atoms with van der Waals surface area (Å²) < 4.78 is 0. The monoisotopic (exact) mass is 271 g/mol. The molecule has 3 rings (SSSR count). The summed E-state index contributed by atoms with van der Waals surface area (Å²) in [5.41, 5.74) is 2.41. The van der Waals surface area contributed by atoms with Crippen LogP contribution in [0.25, 0.3) is 0 Å². The molecule has 2 nitrogen and oxygen atoms in total. The highest BCUT2D eigenvalue weighted by Crippen LogP contribution is 2.37. The van der Waals surface area contributed by atoms with Crippen LogP contribution in [0, 0.1) is 0 Å². The maximum absolute atomic E-state index is 12.5. The van der Waals surface area contributed by atoms with Gasteiger partial charge in [0.15, 0.2) is 0 Å². The van der Waals surface area contributed by atoms with Crippen LogP contribution in [0.15, 0.2) is 24.3 Å². The van der Waals surface area contributed by atoms with Crippen molar-refractivity contribution in [3.05, 3.63) is 35.4 Å². The zero-order valence-corrected chi connectivity index (χ0v) is 12.5. The molecule has 1 fully saturated rings. The largest absolute Gasteiger partial charge is 0.303 e. The van der Waals surface area contributed by atoms with Gasteiger partial charge in [-0.1, -0.05) is 30.7 Å². The number of rotatable bonds is 3. The Balaban J connectivity index is 1.77. The molecule has 0 amide bonds. The molecule has 0 radical (unpaired) electrons. The maximum atomic E-state index is 12.5. The first-order chi connectivity index (χ1) is 9.70. The first-order valence-corrected chi connectivity index (χ1v) is 8.04. The van der Waals surface area contributed by atoms with Gasteiger partial charge in [-0.15, -0.1) is 0 Å². The number of hydrogen-bond donors (Lipinski definition) is 0. The fourth-order valence-electron chi connectivity index (χ4n) is 3.79. The van der Waals surface area contributed by atoms with Crippen LogP contribution in [0.5, 0.6) is 0 Å². The zero-order chi connectivity index (χ0) is 14.0. The fraction of sp³-hybridized carbons (Fsp3) is 0.611. The number of likely N-dealkylation sites (tertiary alicyclic amines) is 1. The number of Topliss-reactive ketones (excluding diaryl/α,β-unsaturated/α-hetero) is 1. The average molecular weight is 271 g/mol. The van der Waals surface area contributed by atoms with Crippen LogP contribution in [0.4, 0.5) is 0 Å². The quantitative estimate of drug-likeness (QED) is 0.840. The van der Waals surface area contributed by atoms with Gasteiger partial charge in [-0.3, -0.25) is 4.79 Å². The van der Waals surface area contributed by atoms with E-state index in [1.54, 1.807) is 0 Å². The Hall–Kier alpha value is -1.15. The molecule has 1 aliphatic carbocycles. The minimum atomic E-state index is -0.258. The van der Waals surface area contributed by atoms with Gasteiger partial charge in [-0.05, 0) is 63.4 Å². The molecule has 2 heteroatoms. The average Bonchev–Trinajstić information content (AvgIpc) is 2.51. The van der Waals surface area contributed by atoms with Crippen LogP contribution in [0.2, 0.25) is 0 Å². The Bertz CT molecular complexity index is 490. The summed E-state index contributed by atoms with van der Waals surface area (Å²) in [6.07, 6.45) is 6.63. The second kappa shape index (κ2) is 5.69. The van der Waals surface area contributed by atoms with Gasteiger partial charge >= 0.3 is 0 Å². The van der Waals surface area contributed by atoms with Crippen molar-refractivity contribution in [3.8, 4) is 0 Å². The summed E-state index contributed by atoms with van der Waals surface area (Å²) >= 11 is 0. The molecule has 108 valence electrons. The smallest absolute Gasteiger partial charge is 0.143 e. The number of nitrogens with zero attached hydrogens (tertiary/aromatic N) is 1. The summed E-state index contributed by atoms with van der Waals surface area (Å²) in [5, 5.41) is 0. The number of carbonyl (C=O) groups excluding carboxylic acids is 1. The third-order valence-electron chi connectivity index (χ3n) is 5.23. The molecule has 1 atom stereocenters. The van der Waals surface area contributed by atoms with Crippen molar-refractivity contribution in [2.75, 3.05) is 19.6 Å². The number of piperidine rings is 1. The lowest BCUT2D eigenvalue weighted by Gasteiger charge is -2.37. The molecule has 0 unspecified atom stereocenters. The van der Waals surface area contributed by atoms with E-state index >= 15 is 0 Å². The molecule has 0 aromatic heterocycles. The number of carbonyl (C=O) groups is 1. The predicted molar refractivity (Wildman–Crippen MR) is 82.0 cm³/mol. The van der Waals surface area contributed by atoms with Gasteiger partial charge in [0.1, 0.15) is 5.78 Å². The van der Waals surface area contributed by atoms with E-state index in [1.165, 1.54) is 43.5 Å². The fourth-order valence-corrected chi connectivity index (χ4v) is 3.79. The predicted octanol–water partition coefficient (Wildman–Crippen LogP) is 3.34. The molecule has 0 bridgehead atoms. The van der Waals surface area contributed by atoms with E-state index in [4.69, 9.17) is 0 Å². The normalized spacial score (nSPS) is 27.4. The number of benzene rings is 1.